The van der Waals surface area contributed by atoms with Gasteiger partial charge in [0.1, 0.15) is 35.1 Å². The average molecular weight is 641 g/mol. The van der Waals surface area contributed by atoms with Crippen molar-refractivity contribution >= 4 is 73.5 Å². The first-order valence-electron chi connectivity index (χ1n) is 9.19. The number of hydrogen-bond donors (Lipinski definition) is 1. The zero-order valence-corrected chi connectivity index (χ0v) is 21.1. The Hall–Kier alpha value is -1.89. The SMILES string of the molecule is C=CCOc1c(I)cc(/C=C(\C#N)C(=O)Nc2sc3c(c2C#N)CCCC3)cc1I. The van der Waals surface area contributed by atoms with Crippen molar-refractivity contribution in [3.05, 3.63) is 59.1 Å². The summed E-state index contributed by atoms with van der Waals surface area (Å²) in [5, 5.41) is 22.4. The summed E-state index contributed by atoms with van der Waals surface area (Å²) >= 11 is 5.78. The van der Waals surface area contributed by atoms with Gasteiger partial charge in [-0.25, -0.2) is 0 Å². The third-order valence-electron chi connectivity index (χ3n) is 4.55. The quantitative estimate of drug-likeness (QED) is 0.187. The van der Waals surface area contributed by atoms with Gasteiger partial charge in [-0.05, 0) is 100 Å². The van der Waals surface area contributed by atoms with Gasteiger partial charge in [0.2, 0.25) is 0 Å². The summed E-state index contributed by atoms with van der Waals surface area (Å²) in [6.07, 6.45) is 7.18. The molecule has 0 saturated carbocycles. The van der Waals surface area contributed by atoms with E-state index in [2.05, 4.69) is 63.1 Å². The lowest BCUT2D eigenvalue weighted by molar-refractivity contribution is -0.112. The summed E-state index contributed by atoms with van der Waals surface area (Å²) in [5.41, 5.74) is 2.29. The van der Waals surface area contributed by atoms with Crippen molar-refractivity contribution in [3.63, 3.8) is 0 Å². The smallest absolute Gasteiger partial charge is 0.266 e. The van der Waals surface area contributed by atoms with E-state index in [1.165, 1.54) is 11.3 Å². The molecule has 5 nitrogen and oxygen atoms in total. The van der Waals surface area contributed by atoms with Crippen LogP contribution < -0.4 is 10.1 Å². The van der Waals surface area contributed by atoms with Crippen LogP contribution in [0.3, 0.4) is 0 Å². The molecule has 8 heteroatoms. The van der Waals surface area contributed by atoms with E-state index in [0.29, 0.717) is 17.2 Å². The first kappa shape index (κ1) is 22.8. The summed E-state index contributed by atoms with van der Waals surface area (Å²) in [4.78, 5) is 13.9. The molecule has 0 bridgehead atoms. The highest BCUT2D eigenvalue weighted by atomic mass is 127. The van der Waals surface area contributed by atoms with Gasteiger partial charge in [-0.3, -0.25) is 4.79 Å². The van der Waals surface area contributed by atoms with E-state index in [1.54, 1.807) is 12.2 Å². The number of nitrogens with one attached hydrogen (secondary N) is 1. The Labute approximate surface area is 206 Å². The molecule has 0 radical (unpaired) electrons. The Balaban J connectivity index is 1.86. The molecule has 1 aliphatic rings. The third-order valence-corrected chi connectivity index (χ3v) is 7.36. The molecule has 0 aliphatic heterocycles. The summed E-state index contributed by atoms with van der Waals surface area (Å²) in [7, 11) is 0. The lowest BCUT2D eigenvalue weighted by atomic mass is 9.96. The molecular formula is C22H17I2N3O2S. The van der Waals surface area contributed by atoms with Crippen LogP contribution in [0, 0.1) is 29.8 Å². The Bertz CT molecular complexity index is 1100. The summed E-state index contributed by atoms with van der Waals surface area (Å²) in [6, 6.07) is 7.92. The Morgan fingerprint density at radius 1 is 1.27 bits per heavy atom. The number of halogens is 2. The molecule has 2 aromatic rings. The van der Waals surface area contributed by atoms with Crippen molar-refractivity contribution in [2.24, 2.45) is 0 Å². The van der Waals surface area contributed by atoms with Gasteiger partial charge in [-0.15, -0.1) is 11.3 Å². The van der Waals surface area contributed by atoms with Gasteiger partial charge in [0, 0.05) is 4.88 Å². The zero-order valence-electron chi connectivity index (χ0n) is 15.9. The van der Waals surface area contributed by atoms with E-state index in [4.69, 9.17) is 4.74 Å². The molecule has 1 amide bonds. The van der Waals surface area contributed by atoms with Crippen molar-refractivity contribution < 1.29 is 9.53 Å². The Kier molecular flexibility index (Phi) is 7.92. The van der Waals surface area contributed by atoms with Gasteiger partial charge in [-0.1, -0.05) is 12.7 Å². The van der Waals surface area contributed by atoms with E-state index in [9.17, 15) is 15.3 Å². The highest BCUT2D eigenvalue weighted by Gasteiger charge is 2.22. The van der Waals surface area contributed by atoms with Gasteiger partial charge in [0.05, 0.1) is 12.7 Å². The van der Waals surface area contributed by atoms with Crippen LogP contribution in [-0.4, -0.2) is 12.5 Å². The monoisotopic (exact) mass is 641 g/mol. The van der Waals surface area contributed by atoms with Crippen molar-refractivity contribution in [2.75, 3.05) is 11.9 Å². The zero-order chi connectivity index (χ0) is 21.7. The lowest BCUT2D eigenvalue weighted by Crippen LogP contribution is -2.13. The van der Waals surface area contributed by atoms with Gasteiger partial charge in [-0.2, -0.15) is 10.5 Å². The van der Waals surface area contributed by atoms with E-state index in [0.717, 1.165) is 54.6 Å². The van der Waals surface area contributed by atoms with Gasteiger partial charge in [0.15, 0.2) is 0 Å². The fraction of sp³-hybridized carbons (Fsp3) is 0.227. The summed E-state index contributed by atoms with van der Waals surface area (Å²) in [6.45, 7) is 4.05. The maximum atomic E-state index is 12.8. The first-order valence-corrected chi connectivity index (χ1v) is 12.2. The topological polar surface area (TPSA) is 85.9 Å². The van der Waals surface area contributed by atoms with Crippen LogP contribution in [0.1, 0.15) is 34.4 Å². The van der Waals surface area contributed by atoms with Crippen LogP contribution in [0.5, 0.6) is 5.75 Å². The number of amides is 1. The number of carbonyl (C=O) groups excluding carboxylic acids is 1. The molecule has 0 spiro atoms. The molecule has 1 aliphatic carbocycles. The second kappa shape index (κ2) is 10.4. The Morgan fingerprint density at radius 2 is 1.97 bits per heavy atom. The minimum absolute atomic E-state index is 0.0170. The minimum Gasteiger partial charge on any atom is -0.487 e. The first-order chi connectivity index (χ1) is 14.5. The van der Waals surface area contributed by atoms with Crippen LogP contribution in [0.15, 0.2) is 30.4 Å². The van der Waals surface area contributed by atoms with Crippen molar-refractivity contribution in [1.82, 2.24) is 0 Å². The standard InChI is InChI=1S/C22H17I2N3O2S/c1-2-7-29-20-17(23)9-13(10-18(20)24)8-14(11-25)21(28)27-22-16(12-26)15-5-3-4-6-19(15)30-22/h2,8-10H,1,3-7H2,(H,27,28)/b14-8+. The maximum Gasteiger partial charge on any atom is 0.266 e. The predicted octanol–water partition coefficient (Wildman–Crippen LogP) is 5.82. The average Bonchev–Trinajstić information content (AvgIpc) is 3.08. The fourth-order valence-corrected chi connectivity index (χ4v) is 6.56. The van der Waals surface area contributed by atoms with Gasteiger partial charge in [0.25, 0.3) is 5.91 Å². The molecule has 30 heavy (non-hydrogen) atoms. The van der Waals surface area contributed by atoms with E-state index in [1.807, 2.05) is 18.2 Å². The highest BCUT2D eigenvalue weighted by Crippen LogP contribution is 2.38. The van der Waals surface area contributed by atoms with Gasteiger partial charge >= 0.3 is 0 Å². The number of anilines is 1. The van der Waals surface area contributed by atoms with Crippen LogP contribution in [-0.2, 0) is 17.6 Å². The third kappa shape index (κ3) is 5.05. The van der Waals surface area contributed by atoms with Crippen LogP contribution in [0.4, 0.5) is 5.00 Å². The predicted molar refractivity (Wildman–Crippen MR) is 135 cm³/mol. The van der Waals surface area contributed by atoms with E-state index in [-0.39, 0.29) is 5.57 Å². The summed E-state index contributed by atoms with van der Waals surface area (Å²) in [5.74, 6) is 0.239. The highest BCUT2D eigenvalue weighted by molar-refractivity contribution is 14.1. The Morgan fingerprint density at radius 3 is 2.60 bits per heavy atom. The van der Waals surface area contributed by atoms with E-state index < -0.39 is 5.91 Å². The number of thiophene rings is 1. The molecule has 1 aromatic heterocycles. The molecule has 0 fully saturated rings. The molecule has 152 valence electrons. The van der Waals surface area contributed by atoms with Crippen molar-refractivity contribution in [1.29, 1.82) is 10.5 Å². The van der Waals surface area contributed by atoms with Crippen LogP contribution >= 0.6 is 56.5 Å². The molecule has 0 atom stereocenters. The second-order valence-electron chi connectivity index (χ2n) is 6.56. The number of ether oxygens (including phenoxy) is 1. The van der Waals surface area contributed by atoms with Gasteiger partial charge < -0.3 is 10.1 Å². The van der Waals surface area contributed by atoms with Crippen LogP contribution in [0.25, 0.3) is 6.08 Å². The number of carbonyl (C=O) groups is 1. The molecule has 3 rings (SSSR count). The van der Waals surface area contributed by atoms with E-state index >= 15 is 0 Å². The second-order valence-corrected chi connectivity index (χ2v) is 9.99. The number of rotatable bonds is 6. The number of fused-ring (bicyclic) bond motifs is 1. The number of benzene rings is 1. The fourth-order valence-electron chi connectivity index (χ4n) is 3.20. The molecule has 0 unspecified atom stereocenters. The number of nitriles is 2. The molecule has 1 aromatic carbocycles. The molecular weight excluding hydrogens is 624 g/mol. The lowest BCUT2D eigenvalue weighted by Gasteiger charge is -2.10. The number of hydrogen-bond acceptors (Lipinski definition) is 5. The van der Waals surface area contributed by atoms with Crippen LogP contribution in [0.2, 0.25) is 0 Å². The van der Waals surface area contributed by atoms with Crippen molar-refractivity contribution in [3.8, 4) is 17.9 Å². The molecule has 1 N–H and O–H groups in total. The number of nitrogens with zero attached hydrogens (tertiary/aromatic N) is 2. The minimum atomic E-state index is -0.510. The molecule has 0 saturated heterocycles. The maximum absolute atomic E-state index is 12.8. The summed E-state index contributed by atoms with van der Waals surface area (Å²) < 4.78 is 7.42. The van der Waals surface area contributed by atoms with Crippen molar-refractivity contribution in [2.45, 2.75) is 25.7 Å². The normalized spacial score (nSPS) is 13.0. The molecule has 1 heterocycles. The number of aryl methyl sites for hydroxylation is 1. The largest absolute Gasteiger partial charge is 0.487 e.